The molecular weight excluding hydrogens is 416 g/mol. The van der Waals surface area contributed by atoms with E-state index in [2.05, 4.69) is 17.0 Å². The number of hydrogen-bond donors (Lipinski definition) is 0. The second-order valence-corrected chi connectivity index (χ2v) is 10.6. The van der Waals surface area contributed by atoms with Crippen LogP contribution in [0.5, 0.6) is 5.75 Å². The Kier molecular flexibility index (Phi) is 5.58. The van der Waals surface area contributed by atoms with Gasteiger partial charge in [-0.2, -0.15) is 0 Å². The number of benzene rings is 2. The van der Waals surface area contributed by atoms with Crippen LogP contribution in [0.3, 0.4) is 0 Å². The maximum Gasteiger partial charge on any atom is 0.164 e. The lowest BCUT2D eigenvalue weighted by molar-refractivity contribution is 0.414. The van der Waals surface area contributed by atoms with E-state index in [-0.39, 0.29) is 23.6 Å². The molecule has 0 saturated carbocycles. The lowest BCUT2D eigenvalue weighted by Crippen LogP contribution is -2.39. The summed E-state index contributed by atoms with van der Waals surface area (Å²) in [6.07, 6.45) is 0.894. The van der Waals surface area contributed by atoms with Gasteiger partial charge in [0, 0.05) is 16.5 Å². The summed E-state index contributed by atoms with van der Waals surface area (Å²) in [5.41, 5.74) is 2.12. The van der Waals surface area contributed by atoms with E-state index >= 15 is 0 Å². The predicted octanol–water partition coefficient (Wildman–Crippen LogP) is 3.67. The summed E-state index contributed by atoms with van der Waals surface area (Å²) < 4.78 is 29.4. The van der Waals surface area contributed by atoms with Gasteiger partial charge in [0.2, 0.25) is 0 Å². The van der Waals surface area contributed by atoms with Crippen LogP contribution < -0.4 is 9.64 Å². The third-order valence-electron chi connectivity index (χ3n) is 4.97. The van der Waals surface area contributed by atoms with Crippen molar-refractivity contribution in [2.45, 2.75) is 18.5 Å². The molecule has 0 spiro atoms. The summed E-state index contributed by atoms with van der Waals surface area (Å²) in [5.74, 6) is 1.96. The molecule has 2 aromatic rings. The molecule has 2 aliphatic heterocycles. The Hall–Kier alpha value is -1.70. The molecule has 0 aliphatic carbocycles. The minimum atomic E-state index is -3.05. The standard InChI is InChI=1S/C20H21ClN2O3S2/c1-26-17-7-5-14(6-8-17)9-10-27-20-22-18-12-28(24,25)13-19(18)23(20)16-4-2-3-15(21)11-16/h2-8,11,18-19H,9-10,12-13H2,1H3/t18-,19-/m1/s1. The van der Waals surface area contributed by atoms with Gasteiger partial charge in [0.05, 0.1) is 30.7 Å². The lowest BCUT2D eigenvalue weighted by atomic mass is 10.1. The van der Waals surface area contributed by atoms with Gasteiger partial charge < -0.3 is 9.64 Å². The van der Waals surface area contributed by atoms with Crippen LogP contribution in [0.4, 0.5) is 5.69 Å². The van der Waals surface area contributed by atoms with E-state index in [0.29, 0.717) is 5.02 Å². The number of aryl methyl sites for hydroxylation is 1. The van der Waals surface area contributed by atoms with Crippen molar-refractivity contribution in [1.29, 1.82) is 0 Å². The molecule has 8 heteroatoms. The van der Waals surface area contributed by atoms with Crippen LogP contribution in [0.1, 0.15) is 5.56 Å². The van der Waals surface area contributed by atoms with E-state index < -0.39 is 9.84 Å². The zero-order valence-electron chi connectivity index (χ0n) is 15.4. The molecule has 0 unspecified atom stereocenters. The van der Waals surface area contributed by atoms with Crippen LogP contribution in [0.2, 0.25) is 5.02 Å². The summed E-state index contributed by atoms with van der Waals surface area (Å²) in [6.45, 7) is 0. The van der Waals surface area contributed by atoms with Gasteiger partial charge >= 0.3 is 0 Å². The Morgan fingerprint density at radius 3 is 2.71 bits per heavy atom. The molecule has 1 saturated heterocycles. The number of aliphatic imine (C=N–C) groups is 1. The molecule has 2 heterocycles. The van der Waals surface area contributed by atoms with Crippen molar-refractivity contribution < 1.29 is 13.2 Å². The van der Waals surface area contributed by atoms with Crippen LogP contribution >= 0.6 is 23.4 Å². The van der Waals surface area contributed by atoms with Gasteiger partial charge in [-0.3, -0.25) is 4.99 Å². The first-order chi connectivity index (χ1) is 13.4. The van der Waals surface area contributed by atoms with Crippen molar-refractivity contribution in [3.05, 3.63) is 59.1 Å². The highest BCUT2D eigenvalue weighted by Crippen LogP contribution is 2.36. The number of hydrogen-bond acceptors (Lipinski definition) is 6. The van der Waals surface area contributed by atoms with E-state index in [0.717, 1.165) is 28.8 Å². The maximum absolute atomic E-state index is 12.1. The van der Waals surface area contributed by atoms with Gasteiger partial charge in [-0.25, -0.2) is 8.42 Å². The Morgan fingerprint density at radius 2 is 2.00 bits per heavy atom. The average Bonchev–Trinajstić information content (AvgIpc) is 3.13. The molecule has 0 radical (unpaired) electrons. The molecule has 0 amide bonds. The number of thioether (sulfide) groups is 1. The fourth-order valence-electron chi connectivity index (χ4n) is 3.61. The van der Waals surface area contributed by atoms with Gasteiger partial charge in [-0.15, -0.1) is 0 Å². The van der Waals surface area contributed by atoms with E-state index in [1.54, 1.807) is 18.9 Å². The Labute approximate surface area is 174 Å². The van der Waals surface area contributed by atoms with E-state index in [1.165, 1.54) is 5.56 Å². The van der Waals surface area contributed by atoms with Gasteiger partial charge in [0.1, 0.15) is 5.75 Å². The second kappa shape index (κ2) is 7.97. The SMILES string of the molecule is COc1ccc(CCSC2=N[C@@H]3CS(=O)(=O)C[C@H]3N2c2cccc(Cl)c2)cc1. The Morgan fingerprint density at radius 1 is 1.21 bits per heavy atom. The number of methoxy groups -OCH3 is 1. The minimum Gasteiger partial charge on any atom is -0.497 e. The van der Waals surface area contributed by atoms with Crippen molar-refractivity contribution in [3.8, 4) is 5.75 Å². The smallest absolute Gasteiger partial charge is 0.164 e. The van der Waals surface area contributed by atoms with Crippen molar-refractivity contribution in [2.24, 2.45) is 4.99 Å². The molecule has 5 nitrogen and oxygen atoms in total. The summed E-state index contributed by atoms with van der Waals surface area (Å²) in [4.78, 5) is 6.81. The molecule has 0 bridgehead atoms. The summed E-state index contributed by atoms with van der Waals surface area (Å²) in [6, 6.07) is 15.2. The molecule has 0 aromatic heterocycles. The highest BCUT2D eigenvalue weighted by Gasteiger charge is 2.47. The topological polar surface area (TPSA) is 59.0 Å². The molecule has 148 valence electrons. The van der Waals surface area contributed by atoms with Crippen LogP contribution in [-0.4, -0.2) is 50.0 Å². The first-order valence-electron chi connectivity index (χ1n) is 9.04. The molecule has 2 aromatic carbocycles. The third kappa shape index (κ3) is 4.16. The molecule has 0 N–H and O–H groups in total. The zero-order valence-corrected chi connectivity index (χ0v) is 17.8. The van der Waals surface area contributed by atoms with Crippen LogP contribution in [0.25, 0.3) is 0 Å². The maximum atomic E-state index is 12.1. The molecule has 4 rings (SSSR count). The summed E-state index contributed by atoms with van der Waals surface area (Å²) in [5, 5.41) is 1.50. The number of rotatable bonds is 5. The molecule has 2 atom stereocenters. The highest BCUT2D eigenvalue weighted by atomic mass is 35.5. The third-order valence-corrected chi connectivity index (χ3v) is 7.88. The van der Waals surface area contributed by atoms with Crippen molar-refractivity contribution in [3.63, 3.8) is 0 Å². The van der Waals surface area contributed by atoms with Crippen molar-refractivity contribution in [1.82, 2.24) is 0 Å². The first-order valence-corrected chi connectivity index (χ1v) is 12.2. The fraction of sp³-hybridized carbons (Fsp3) is 0.350. The van der Waals surface area contributed by atoms with E-state index in [1.807, 2.05) is 36.4 Å². The van der Waals surface area contributed by atoms with Crippen molar-refractivity contribution >= 4 is 44.1 Å². The van der Waals surface area contributed by atoms with Gasteiger partial charge in [-0.1, -0.05) is 41.6 Å². The normalized spacial score (nSPS) is 22.8. The molecule has 1 fully saturated rings. The number of nitrogens with zero attached hydrogens (tertiary/aromatic N) is 2. The van der Waals surface area contributed by atoms with Gasteiger partial charge in [0.25, 0.3) is 0 Å². The lowest BCUT2D eigenvalue weighted by Gasteiger charge is -2.26. The van der Waals surface area contributed by atoms with Crippen molar-refractivity contribution in [2.75, 3.05) is 29.3 Å². The van der Waals surface area contributed by atoms with E-state index in [9.17, 15) is 8.42 Å². The Balaban J connectivity index is 1.50. The van der Waals surface area contributed by atoms with Gasteiger partial charge in [-0.05, 0) is 42.3 Å². The highest BCUT2D eigenvalue weighted by molar-refractivity contribution is 8.14. The molecule has 2 aliphatic rings. The number of halogens is 1. The summed E-state index contributed by atoms with van der Waals surface area (Å²) in [7, 11) is -1.40. The first kappa shape index (κ1) is 19.6. The van der Waals surface area contributed by atoms with E-state index in [4.69, 9.17) is 21.3 Å². The molecular formula is C20H21ClN2O3S2. The average molecular weight is 437 g/mol. The van der Waals surface area contributed by atoms with Gasteiger partial charge in [0.15, 0.2) is 15.0 Å². The summed E-state index contributed by atoms with van der Waals surface area (Å²) >= 11 is 7.84. The predicted molar refractivity (Wildman–Crippen MR) is 117 cm³/mol. The number of sulfone groups is 1. The second-order valence-electron chi connectivity index (χ2n) is 6.92. The minimum absolute atomic E-state index is 0.122. The Bertz CT molecular complexity index is 993. The van der Waals surface area contributed by atoms with Crippen LogP contribution in [0, 0.1) is 0 Å². The molecule has 28 heavy (non-hydrogen) atoms. The number of fused-ring (bicyclic) bond motifs is 1. The van der Waals surface area contributed by atoms with Crippen LogP contribution in [0.15, 0.2) is 53.5 Å². The van der Waals surface area contributed by atoms with Crippen LogP contribution in [-0.2, 0) is 16.3 Å². The largest absolute Gasteiger partial charge is 0.497 e. The number of anilines is 1. The number of ether oxygens (including phenoxy) is 1. The fourth-order valence-corrected chi connectivity index (χ4v) is 6.75. The zero-order chi connectivity index (χ0) is 19.7. The number of amidine groups is 1. The quantitative estimate of drug-likeness (QED) is 0.715. The monoisotopic (exact) mass is 436 g/mol.